The Balaban J connectivity index is 1.52. The number of aromatic nitrogens is 2. The van der Waals surface area contributed by atoms with Crippen LogP contribution in [-0.2, 0) is 15.8 Å². The van der Waals surface area contributed by atoms with Crippen LogP contribution in [0.15, 0.2) is 34.3 Å². The molecule has 0 amide bonds. The maximum absolute atomic E-state index is 14.2. The zero-order valence-corrected chi connectivity index (χ0v) is 19.9. The number of halogens is 4. The van der Waals surface area contributed by atoms with E-state index in [0.717, 1.165) is 55.8 Å². The number of rotatable bonds is 6. The topological polar surface area (TPSA) is 55.2 Å². The number of imidazole rings is 1. The van der Waals surface area contributed by atoms with Gasteiger partial charge in [-0.05, 0) is 49.9 Å². The fraction of sp³-hybridized carbons (Fsp3) is 0.435. The summed E-state index contributed by atoms with van der Waals surface area (Å²) in [7, 11) is -3.62. The number of sulfonamides is 1. The molecule has 0 unspecified atom stereocenters. The molecule has 1 saturated carbocycles. The van der Waals surface area contributed by atoms with Gasteiger partial charge in [-0.1, -0.05) is 24.6 Å². The maximum Gasteiger partial charge on any atom is 0.243 e. The molecule has 3 aromatic rings. The lowest BCUT2D eigenvalue weighted by molar-refractivity contribution is 0.405. The van der Waals surface area contributed by atoms with Crippen molar-refractivity contribution in [2.75, 3.05) is 13.1 Å². The van der Waals surface area contributed by atoms with Crippen molar-refractivity contribution in [1.29, 1.82) is 0 Å². The van der Waals surface area contributed by atoms with Crippen LogP contribution in [0.2, 0.25) is 0 Å². The highest BCUT2D eigenvalue weighted by Gasteiger charge is 2.29. The molecule has 5 nitrogen and oxygen atoms in total. The number of thioether (sulfide) groups is 1. The van der Waals surface area contributed by atoms with Crippen LogP contribution in [0.5, 0.6) is 0 Å². The molecule has 0 bridgehead atoms. The zero-order valence-electron chi connectivity index (χ0n) is 18.2. The van der Waals surface area contributed by atoms with Gasteiger partial charge in [0.1, 0.15) is 0 Å². The average molecular weight is 514 g/mol. The Bertz CT molecular complexity index is 1350. The Morgan fingerprint density at radius 2 is 1.65 bits per heavy atom. The standard InChI is InChI=1S/C23H23F4N3O2S2/c24-17-11-14(20(25)22(27)21(17)26)13-33-23-28-18-12-16(34(31,32)29-9-3-4-10-29)7-8-19(18)30(23)15-5-1-2-6-15/h7-8,11-12,15H,1-6,9-10,13H2. The monoisotopic (exact) mass is 513 g/mol. The van der Waals surface area contributed by atoms with E-state index < -0.39 is 33.3 Å². The molecule has 2 aromatic carbocycles. The first kappa shape index (κ1) is 23.6. The highest BCUT2D eigenvalue weighted by Crippen LogP contribution is 2.38. The zero-order chi connectivity index (χ0) is 24.0. The molecule has 2 fully saturated rings. The van der Waals surface area contributed by atoms with Crippen molar-refractivity contribution in [3.8, 4) is 0 Å². The second-order valence-electron chi connectivity index (χ2n) is 8.71. The third-order valence-electron chi connectivity index (χ3n) is 6.56. The summed E-state index contributed by atoms with van der Waals surface area (Å²) in [4.78, 5) is 4.79. The van der Waals surface area contributed by atoms with Gasteiger partial charge in [-0.2, -0.15) is 4.31 Å². The normalized spacial score (nSPS) is 17.9. The molecular weight excluding hydrogens is 490 g/mol. The van der Waals surface area contributed by atoms with Crippen LogP contribution in [0.1, 0.15) is 50.1 Å². The summed E-state index contributed by atoms with van der Waals surface area (Å²) in [5, 5.41) is 0.502. The molecule has 2 heterocycles. The van der Waals surface area contributed by atoms with Gasteiger partial charge in [-0.15, -0.1) is 0 Å². The maximum atomic E-state index is 14.2. The molecule has 0 spiro atoms. The molecule has 2 aliphatic rings. The van der Waals surface area contributed by atoms with Gasteiger partial charge in [0, 0.05) is 30.4 Å². The Hall–Kier alpha value is -2.11. The second-order valence-corrected chi connectivity index (χ2v) is 11.6. The van der Waals surface area contributed by atoms with Crippen molar-refractivity contribution < 1.29 is 26.0 Å². The van der Waals surface area contributed by atoms with Crippen molar-refractivity contribution in [3.05, 3.63) is 53.1 Å². The molecule has 1 aromatic heterocycles. The summed E-state index contributed by atoms with van der Waals surface area (Å²) < 4.78 is 84.3. The van der Waals surface area contributed by atoms with E-state index in [9.17, 15) is 26.0 Å². The minimum absolute atomic E-state index is 0.139. The van der Waals surface area contributed by atoms with Gasteiger partial charge in [-0.3, -0.25) is 0 Å². The molecule has 5 rings (SSSR count). The SMILES string of the molecule is O=S(=O)(c1ccc2c(c1)nc(SCc1cc(F)c(F)c(F)c1F)n2C1CCCC1)N1CCCC1. The van der Waals surface area contributed by atoms with E-state index in [1.165, 1.54) is 4.31 Å². The molecule has 0 atom stereocenters. The lowest BCUT2D eigenvalue weighted by Gasteiger charge is -2.17. The lowest BCUT2D eigenvalue weighted by atomic mass is 10.2. The number of fused-ring (bicyclic) bond motifs is 1. The highest BCUT2D eigenvalue weighted by molar-refractivity contribution is 7.98. The average Bonchev–Trinajstić information content (AvgIpc) is 3.59. The number of hydrogen-bond donors (Lipinski definition) is 0. The van der Waals surface area contributed by atoms with Gasteiger partial charge in [0.25, 0.3) is 0 Å². The van der Waals surface area contributed by atoms with E-state index in [4.69, 9.17) is 0 Å². The first-order valence-corrected chi connectivity index (χ1v) is 13.7. The third-order valence-corrected chi connectivity index (χ3v) is 9.45. The predicted molar refractivity (Wildman–Crippen MR) is 121 cm³/mol. The van der Waals surface area contributed by atoms with Gasteiger partial charge in [0.2, 0.25) is 10.0 Å². The highest BCUT2D eigenvalue weighted by atomic mass is 32.2. The fourth-order valence-corrected chi connectivity index (χ4v) is 7.36. The van der Waals surface area contributed by atoms with E-state index in [1.54, 1.807) is 18.2 Å². The Morgan fingerprint density at radius 3 is 2.35 bits per heavy atom. The quantitative estimate of drug-likeness (QED) is 0.181. The predicted octanol–water partition coefficient (Wildman–Crippen LogP) is 5.78. The third kappa shape index (κ3) is 4.11. The Labute approximate surface area is 199 Å². The number of nitrogens with zero attached hydrogens (tertiary/aromatic N) is 3. The first-order valence-electron chi connectivity index (χ1n) is 11.2. The summed E-state index contributed by atoms with van der Waals surface area (Å²) in [5.41, 5.74) is 0.946. The Kier molecular flexibility index (Phi) is 6.36. The van der Waals surface area contributed by atoms with Crippen molar-refractivity contribution in [1.82, 2.24) is 13.9 Å². The van der Waals surface area contributed by atoms with E-state index >= 15 is 0 Å². The van der Waals surface area contributed by atoms with Crippen LogP contribution < -0.4 is 0 Å². The summed E-state index contributed by atoms with van der Waals surface area (Å²) in [6.45, 7) is 0.989. The lowest BCUT2D eigenvalue weighted by Crippen LogP contribution is -2.27. The fourth-order valence-electron chi connectivity index (χ4n) is 4.78. The van der Waals surface area contributed by atoms with E-state index in [1.807, 2.05) is 4.57 Å². The summed E-state index contributed by atoms with van der Waals surface area (Å²) in [6.07, 6.45) is 5.58. The number of hydrogen-bond acceptors (Lipinski definition) is 4. The molecule has 182 valence electrons. The van der Waals surface area contributed by atoms with Crippen LogP contribution in [-0.4, -0.2) is 35.4 Å². The molecule has 34 heavy (non-hydrogen) atoms. The van der Waals surface area contributed by atoms with E-state index in [-0.39, 0.29) is 22.3 Å². The first-order chi connectivity index (χ1) is 16.3. The summed E-state index contributed by atoms with van der Waals surface area (Å²) in [5.74, 6) is -6.70. The number of benzene rings is 2. The molecule has 1 aliphatic carbocycles. The van der Waals surface area contributed by atoms with E-state index in [0.29, 0.717) is 29.8 Å². The van der Waals surface area contributed by atoms with Crippen LogP contribution in [0.4, 0.5) is 17.6 Å². The van der Waals surface area contributed by atoms with Crippen LogP contribution in [0.25, 0.3) is 11.0 Å². The molecule has 0 radical (unpaired) electrons. The Morgan fingerprint density at radius 1 is 0.941 bits per heavy atom. The smallest absolute Gasteiger partial charge is 0.243 e. The minimum Gasteiger partial charge on any atom is -0.316 e. The van der Waals surface area contributed by atoms with Crippen LogP contribution >= 0.6 is 11.8 Å². The van der Waals surface area contributed by atoms with Gasteiger partial charge in [0.05, 0.1) is 15.9 Å². The largest absolute Gasteiger partial charge is 0.316 e. The van der Waals surface area contributed by atoms with Crippen LogP contribution in [0.3, 0.4) is 0 Å². The summed E-state index contributed by atoms with van der Waals surface area (Å²) in [6, 6.07) is 5.67. The molecule has 1 aliphatic heterocycles. The van der Waals surface area contributed by atoms with Gasteiger partial charge >= 0.3 is 0 Å². The molecule has 11 heteroatoms. The second kappa shape index (κ2) is 9.16. The van der Waals surface area contributed by atoms with Crippen molar-refractivity contribution in [2.24, 2.45) is 0 Å². The van der Waals surface area contributed by atoms with Gasteiger partial charge in [-0.25, -0.2) is 31.0 Å². The summed E-state index contributed by atoms with van der Waals surface area (Å²) >= 11 is 1.09. The van der Waals surface area contributed by atoms with Crippen molar-refractivity contribution in [2.45, 2.75) is 60.4 Å². The molecular formula is C23H23F4N3O2S2. The minimum atomic E-state index is -3.62. The molecule has 0 N–H and O–H groups in total. The van der Waals surface area contributed by atoms with Gasteiger partial charge in [0.15, 0.2) is 28.4 Å². The van der Waals surface area contributed by atoms with Crippen LogP contribution in [0, 0.1) is 23.3 Å². The van der Waals surface area contributed by atoms with Crippen molar-refractivity contribution in [3.63, 3.8) is 0 Å². The van der Waals surface area contributed by atoms with E-state index in [2.05, 4.69) is 4.98 Å². The van der Waals surface area contributed by atoms with Crippen molar-refractivity contribution >= 4 is 32.8 Å². The molecule has 1 saturated heterocycles. The van der Waals surface area contributed by atoms with Gasteiger partial charge < -0.3 is 4.57 Å².